The summed E-state index contributed by atoms with van der Waals surface area (Å²) in [4.78, 5) is 4.23. The van der Waals surface area contributed by atoms with Gasteiger partial charge in [-0.25, -0.2) is 0 Å². The van der Waals surface area contributed by atoms with Crippen LogP contribution in [0.5, 0.6) is 5.88 Å². The van der Waals surface area contributed by atoms with Gasteiger partial charge in [0.2, 0.25) is 0 Å². The van der Waals surface area contributed by atoms with E-state index in [2.05, 4.69) is 35.5 Å². The molecule has 0 atom stereocenters. The van der Waals surface area contributed by atoms with Gasteiger partial charge in [-0.15, -0.1) is 11.3 Å². The van der Waals surface area contributed by atoms with Crippen LogP contribution in [0, 0.1) is 6.92 Å². The molecule has 2 aromatic heterocycles. The molecule has 16 heavy (non-hydrogen) atoms. The number of aromatic amines is 1. The normalized spacial score (nSPS) is 11.1. The van der Waals surface area contributed by atoms with Crippen molar-refractivity contribution in [2.24, 2.45) is 0 Å². The number of aromatic hydroxyl groups is 1. The van der Waals surface area contributed by atoms with Gasteiger partial charge in [-0.1, -0.05) is 12.1 Å². The lowest BCUT2D eigenvalue weighted by molar-refractivity contribution is 0.458. The molecule has 2 heterocycles. The molecular weight excluding hydrogens is 218 g/mol. The summed E-state index contributed by atoms with van der Waals surface area (Å²) in [6, 6.07) is 10.1. The van der Waals surface area contributed by atoms with Crippen molar-refractivity contribution in [2.45, 2.75) is 6.92 Å². The molecular formula is C13H11NOS. The third kappa shape index (κ3) is 1.41. The number of H-pyrrole nitrogens is 1. The minimum absolute atomic E-state index is 0.218. The van der Waals surface area contributed by atoms with Crippen molar-refractivity contribution in [3.05, 3.63) is 41.3 Å². The largest absolute Gasteiger partial charge is 0.495 e. The maximum atomic E-state index is 9.38. The smallest absolute Gasteiger partial charge is 0.189 e. The highest BCUT2D eigenvalue weighted by Crippen LogP contribution is 2.31. The van der Waals surface area contributed by atoms with E-state index in [1.54, 1.807) is 17.4 Å². The number of hydrogen-bond donors (Lipinski definition) is 2. The van der Waals surface area contributed by atoms with E-state index < -0.39 is 0 Å². The van der Waals surface area contributed by atoms with E-state index in [4.69, 9.17) is 0 Å². The molecule has 0 fully saturated rings. The molecule has 0 bridgehead atoms. The monoisotopic (exact) mass is 229 g/mol. The van der Waals surface area contributed by atoms with Gasteiger partial charge in [0, 0.05) is 21.8 Å². The summed E-state index contributed by atoms with van der Waals surface area (Å²) in [6.45, 7) is 2.11. The third-order valence-corrected chi connectivity index (χ3v) is 3.80. The number of fused-ring (bicyclic) bond motifs is 1. The van der Waals surface area contributed by atoms with Crippen LogP contribution in [0.3, 0.4) is 0 Å². The van der Waals surface area contributed by atoms with Crippen LogP contribution < -0.4 is 0 Å². The van der Waals surface area contributed by atoms with Crippen molar-refractivity contribution in [3.63, 3.8) is 0 Å². The van der Waals surface area contributed by atoms with Crippen molar-refractivity contribution in [2.75, 3.05) is 0 Å². The molecule has 2 nitrogen and oxygen atoms in total. The predicted octanol–water partition coefficient (Wildman–Crippen LogP) is 3.91. The first-order chi connectivity index (χ1) is 7.74. The van der Waals surface area contributed by atoms with Crippen LogP contribution >= 0.6 is 11.3 Å². The summed E-state index contributed by atoms with van der Waals surface area (Å²) in [5.74, 6) is 0.218. The summed E-state index contributed by atoms with van der Waals surface area (Å²) in [6.07, 6.45) is 0. The van der Waals surface area contributed by atoms with Crippen LogP contribution in [0.25, 0.3) is 21.3 Å². The molecule has 0 aliphatic rings. The first kappa shape index (κ1) is 9.48. The van der Waals surface area contributed by atoms with Gasteiger partial charge in [0.25, 0.3) is 0 Å². The average Bonchev–Trinajstić information content (AvgIpc) is 2.81. The molecule has 0 aliphatic heterocycles. The third-order valence-electron chi connectivity index (χ3n) is 2.73. The molecule has 1 aromatic carbocycles. The zero-order chi connectivity index (χ0) is 11.1. The Morgan fingerprint density at radius 1 is 1.19 bits per heavy atom. The summed E-state index contributed by atoms with van der Waals surface area (Å²) < 4.78 is 0. The standard InChI is InChI=1S/C13H11NOS/c1-8-4-5-16-13(8)10-3-2-9-7-12(15)14-11(9)6-10/h2-7,14-15H,1H3. The van der Waals surface area contributed by atoms with Crippen molar-refractivity contribution in [1.82, 2.24) is 4.98 Å². The second kappa shape index (κ2) is 3.39. The Morgan fingerprint density at radius 3 is 2.81 bits per heavy atom. The Hall–Kier alpha value is -1.74. The lowest BCUT2D eigenvalue weighted by Crippen LogP contribution is -1.76. The average molecular weight is 229 g/mol. The van der Waals surface area contributed by atoms with Crippen molar-refractivity contribution < 1.29 is 5.11 Å². The fourth-order valence-corrected chi connectivity index (χ4v) is 2.85. The van der Waals surface area contributed by atoms with E-state index in [1.807, 2.05) is 6.07 Å². The minimum atomic E-state index is 0.218. The molecule has 0 radical (unpaired) electrons. The Labute approximate surface area is 97.2 Å². The summed E-state index contributed by atoms with van der Waals surface area (Å²) in [5, 5.41) is 12.5. The SMILES string of the molecule is Cc1ccsc1-c1ccc2cc(O)[nH]c2c1. The molecule has 3 rings (SSSR count). The van der Waals surface area contributed by atoms with Gasteiger partial charge in [0.05, 0.1) is 0 Å². The zero-order valence-corrected chi connectivity index (χ0v) is 9.64. The number of thiophene rings is 1. The number of benzene rings is 1. The van der Waals surface area contributed by atoms with Crippen LogP contribution in [0.2, 0.25) is 0 Å². The fraction of sp³-hybridized carbons (Fsp3) is 0.0769. The lowest BCUT2D eigenvalue weighted by atomic mass is 10.1. The minimum Gasteiger partial charge on any atom is -0.495 e. The number of aromatic nitrogens is 1. The molecule has 3 heteroatoms. The first-order valence-corrected chi connectivity index (χ1v) is 5.98. The first-order valence-electron chi connectivity index (χ1n) is 5.10. The summed E-state index contributed by atoms with van der Waals surface area (Å²) in [5.41, 5.74) is 3.46. The topological polar surface area (TPSA) is 36.0 Å². The second-order valence-corrected chi connectivity index (χ2v) is 4.81. The Balaban J connectivity index is 2.22. The molecule has 0 aliphatic carbocycles. The number of aryl methyl sites for hydroxylation is 1. The van der Waals surface area contributed by atoms with Gasteiger partial charge in [-0.2, -0.15) is 0 Å². The van der Waals surface area contributed by atoms with Crippen LogP contribution in [0.4, 0.5) is 0 Å². The molecule has 0 saturated carbocycles. The molecule has 80 valence electrons. The molecule has 2 N–H and O–H groups in total. The van der Waals surface area contributed by atoms with Crippen LogP contribution in [0.15, 0.2) is 35.7 Å². The fourth-order valence-electron chi connectivity index (χ4n) is 1.92. The van der Waals surface area contributed by atoms with E-state index in [-0.39, 0.29) is 5.88 Å². The highest BCUT2D eigenvalue weighted by atomic mass is 32.1. The van der Waals surface area contributed by atoms with E-state index in [1.165, 1.54) is 16.0 Å². The second-order valence-electron chi connectivity index (χ2n) is 3.89. The predicted molar refractivity (Wildman–Crippen MR) is 68.0 cm³/mol. The van der Waals surface area contributed by atoms with Gasteiger partial charge >= 0.3 is 0 Å². The van der Waals surface area contributed by atoms with Gasteiger partial charge in [0.15, 0.2) is 5.88 Å². The maximum Gasteiger partial charge on any atom is 0.189 e. The Morgan fingerprint density at radius 2 is 2.06 bits per heavy atom. The van der Waals surface area contributed by atoms with Crippen LogP contribution in [-0.4, -0.2) is 10.1 Å². The number of nitrogens with one attached hydrogen (secondary N) is 1. The van der Waals surface area contributed by atoms with Gasteiger partial charge in [-0.3, -0.25) is 0 Å². The Kier molecular flexibility index (Phi) is 2.01. The summed E-state index contributed by atoms with van der Waals surface area (Å²) in [7, 11) is 0. The molecule has 3 aromatic rings. The maximum absolute atomic E-state index is 9.38. The van der Waals surface area contributed by atoms with Crippen LogP contribution in [-0.2, 0) is 0 Å². The van der Waals surface area contributed by atoms with Gasteiger partial charge < -0.3 is 10.1 Å². The highest BCUT2D eigenvalue weighted by molar-refractivity contribution is 7.13. The van der Waals surface area contributed by atoms with E-state index >= 15 is 0 Å². The summed E-state index contributed by atoms with van der Waals surface area (Å²) >= 11 is 1.74. The zero-order valence-electron chi connectivity index (χ0n) is 8.82. The number of rotatable bonds is 1. The Bertz CT molecular complexity index is 651. The van der Waals surface area contributed by atoms with Crippen molar-refractivity contribution in [1.29, 1.82) is 0 Å². The quantitative estimate of drug-likeness (QED) is 0.652. The van der Waals surface area contributed by atoms with Gasteiger partial charge in [0.1, 0.15) is 0 Å². The highest BCUT2D eigenvalue weighted by Gasteiger charge is 2.05. The molecule has 0 amide bonds. The molecule has 0 unspecified atom stereocenters. The molecule has 0 saturated heterocycles. The lowest BCUT2D eigenvalue weighted by Gasteiger charge is -2.00. The number of hydrogen-bond acceptors (Lipinski definition) is 2. The van der Waals surface area contributed by atoms with Crippen molar-refractivity contribution >= 4 is 22.2 Å². The van der Waals surface area contributed by atoms with Gasteiger partial charge in [-0.05, 0) is 35.6 Å². The van der Waals surface area contributed by atoms with E-state index in [0.29, 0.717) is 0 Å². The van der Waals surface area contributed by atoms with E-state index in [0.717, 1.165) is 10.9 Å². The van der Waals surface area contributed by atoms with E-state index in [9.17, 15) is 5.11 Å². The van der Waals surface area contributed by atoms with Crippen molar-refractivity contribution in [3.8, 4) is 16.3 Å². The molecule has 0 spiro atoms. The van der Waals surface area contributed by atoms with Crippen LogP contribution in [0.1, 0.15) is 5.56 Å².